The number of nitrogens with one attached hydrogen (secondary N) is 2. The Balaban J connectivity index is 1.96. The maximum Gasteiger partial charge on any atom is 0.197 e. The van der Waals surface area contributed by atoms with Crippen LogP contribution in [0.3, 0.4) is 0 Å². The number of rotatable bonds is 2. The minimum Gasteiger partial charge on any atom is -0.508 e. The molecule has 0 fully saturated rings. The van der Waals surface area contributed by atoms with E-state index in [1.165, 1.54) is 0 Å². The zero-order valence-electron chi connectivity index (χ0n) is 10.9. The summed E-state index contributed by atoms with van der Waals surface area (Å²) in [5.41, 5.74) is 3.76. The van der Waals surface area contributed by atoms with Gasteiger partial charge >= 0.3 is 0 Å². The second-order valence-corrected chi connectivity index (χ2v) is 4.97. The van der Waals surface area contributed by atoms with Crippen molar-refractivity contribution in [1.82, 2.24) is 5.32 Å². The summed E-state index contributed by atoms with van der Waals surface area (Å²) < 4.78 is 0. The summed E-state index contributed by atoms with van der Waals surface area (Å²) in [6.45, 7) is 0.847. The average Bonchev–Trinajstić information content (AvgIpc) is 2.46. The molecule has 2 aromatic rings. The predicted molar refractivity (Wildman–Crippen MR) is 72.3 cm³/mol. The van der Waals surface area contributed by atoms with Crippen LogP contribution in [-0.2, 0) is 6.42 Å². The van der Waals surface area contributed by atoms with Crippen LogP contribution in [0.5, 0.6) is 5.75 Å². The van der Waals surface area contributed by atoms with Crippen molar-refractivity contribution >= 4 is 5.69 Å². The van der Waals surface area contributed by atoms with Gasteiger partial charge in [-0.3, -0.25) is 0 Å². The van der Waals surface area contributed by atoms with E-state index in [0.29, 0.717) is 11.4 Å². The molecule has 5 N–H and O–H groups in total. The zero-order valence-corrected chi connectivity index (χ0v) is 10.9. The fourth-order valence-corrected chi connectivity index (χ4v) is 2.67. The third kappa shape index (κ3) is 2.39. The normalized spacial score (nSPS) is 18.1. The van der Waals surface area contributed by atoms with Crippen molar-refractivity contribution in [3.05, 3.63) is 59.2 Å². The van der Waals surface area contributed by atoms with E-state index in [1.807, 2.05) is 24.3 Å². The first-order valence-electron chi connectivity index (χ1n) is 6.55. The van der Waals surface area contributed by atoms with Crippen LogP contribution in [0.15, 0.2) is 42.5 Å². The molecule has 0 radical (unpaired) electrons. The summed E-state index contributed by atoms with van der Waals surface area (Å²) in [4.78, 5) is 0. The van der Waals surface area contributed by atoms with E-state index < -0.39 is 5.23 Å². The molecule has 5 nitrogen and oxygen atoms in total. The van der Waals surface area contributed by atoms with Crippen molar-refractivity contribution in [2.24, 2.45) is 0 Å². The Morgan fingerprint density at radius 1 is 1.05 bits per heavy atom. The van der Waals surface area contributed by atoms with Crippen molar-refractivity contribution in [2.75, 3.05) is 6.54 Å². The van der Waals surface area contributed by atoms with Crippen LogP contribution >= 0.6 is 0 Å². The molecule has 0 aliphatic carbocycles. The second kappa shape index (κ2) is 5.22. The summed E-state index contributed by atoms with van der Waals surface area (Å²) in [6.07, 6.45) is 0.892. The van der Waals surface area contributed by atoms with Gasteiger partial charge in [-0.1, -0.05) is 18.2 Å². The van der Waals surface area contributed by atoms with Crippen LogP contribution in [0, 0.1) is 0 Å². The molecule has 1 atom stereocenters. The Hall–Kier alpha value is -1.92. The van der Waals surface area contributed by atoms with Crippen LogP contribution in [0.4, 0.5) is 5.69 Å². The van der Waals surface area contributed by atoms with Crippen LogP contribution in [-0.4, -0.2) is 22.1 Å². The molecule has 5 heteroatoms. The largest absolute Gasteiger partial charge is 0.508 e. The van der Waals surface area contributed by atoms with Gasteiger partial charge in [0.15, 0.2) is 5.69 Å². The maximum absolute atomic E-state index is 9.56. The molecule has 0 saturated heterocycles. The lowest BCUT2D eigenvalue weighted by Crippen LogP contribution is -3.01. The number of hydrogen-bond donors (Lipinski definition) is 5. The molecule has 20 heavy (non-hydrogen) atoms. The molecule has 104 valence electrons. The van der Waals surface area contributed by atoms with Gasteiger partial charge in [0.2, 0.25) is 0 Å². The van der Waals surface area contributed by atoms with E-state index in [2.05, 4.69) is 5.32 Å². The van der Waals surface area contributed by atoms with E-state index in [4.69, 9.17) is 10.4 Å². The SMILES string of the molecule is Oc1ccc2c(c1)CCN[C@@H]2c1ccc([NH+](O)O)cc1. The van der Waals surface area contributed by atoms with Crippen molar-refractivity contribution in [1.29, 1.82) is 0 Å². The fourth-order valence-electron chi connectivity index (χ4n) is 2.67. The first-order chi connectivity index (χ1) is 9.65. The Labute approximate surface area is 116 Å². The molecule has 0 aromatic heterocycles. The molecule has 1 aliphatic rings. The Morgan fingerprint density at radius 2 is 1.80 bits per heavy atom. The van der Waals surface area contributed by atoms with Gasteiger partial charge in [-0.05, 0) is 40.5 Å². The van der Waals surface area contributed by atoms with Crippen LogP contribution < -0.4 is 10.5 Å². The first kappa shape index (κ1) is 13.1. The molecule has 2 aromatic carbocycles. The smallest absolute Gasteiger partial charge is 0.197 e. The molecular weight excluding hydrogens is 256 g/mol. The Kier molecular flexibility index (Phi) is 3.42. The van der Waals surface area contributed by atoms with Crippen molar-refractivity contribution in [2.45, 2.75) is 12.5 Å². The monoisotopic (exact) mass is 273 g/mol. The number of aromatic hydroxyl groups is 1. The minimum atomic E-state index is -0.668. The van der Waals surface area contributed by atoms with Gasteiger partial charge in [-0.25, -0.2) is 0 Å². The van der Waals surface area contributed by atoms with Gasteiger partial charge in [0.05, 0.1) is 6.04 Å². The number of fused-ring (bicyclic) bond motifs is 1. The van der Waals surface area contributed by atoms with Gasteiger partial charge in [-0.15, -0.1) is 0 Å². The minimum absolute atomic E-state index is 0.0641. The molecule has 0 amide bonds. The van der Waals surface area contributed by atoms with Crippen LogP contribution in [0.1, 0.15) is 22.7 Å². The molecule has 3 rings (SSSR count). The highest BCUT2D eigenvalue weighted by molar-refractivity contribution is 5.44. The lowest BCUT2D eigenvalue weighted by atomic mass is 9.89. The molecule has 1 heterocycles. The number of quaternary nitrogens is 1. The Bertz CT molecular complexity index is 611. The molecule has 0 unspecified atom stereocenters. The van der Waals surface area contributed by atoms with Gasteiger partial charge in [0.25, 0.3) is 0 Å². The topological polar surface area (TPSA) is 77.2 Å². The van der Waals surface area contributed by atoms with Crippen LogP contribution in [0.25, 0.3) is 0 Å². The van der Waals surface area contributed by atoms with E-state index >= 15 is 0 Å². The summed E-state index contributed by atoms with van der Waals surface area (Å²) in [6, 6.07) is 12.6. The maximum atomic E-state index is 9.56. The predicted octanol–water partition coefficient (Wildman–Crippen LogP) is 0.922. The van der Waals surface area contributed by atoms with Crippen LogP contribution in [0.2, 0.25) is 0 Å². The standard InChI is InChI=1S/C15H16N2O3/c18-13-5-6-14-11(9-13)7-8-16-15(14)10-1-3-12(4-2-10)17(19)20/h1-6,9,15-16,18-20H,7-8H2/p+1/t15-/m1/s1. The van der Waals surface area contributed by atoms with E-state index in [-0.39, 0.29) is 6.04 Å². The lowest BCUT2D eigenvalue weighted by Gasteiger charge is -2.27. The van der Waals surface area contributed by atoms with Gasteiger partial charge in [0.1, 0.15) is 5.75 Å². The van der Waals surface area contributed by atoms with Gasteiger partial charge in [0, 0.05) is 18.7 Å². The molecule has 0 bridgehead atoms. The lowest BCUT2D eigenvalue weighted by molar-refractivity contribution is -1.19. The van der Waals surface area contributed by atoms with Gasteiger partial charge < -0.3 is 10.4 Å². The summed E-state index contributed by atoms with van der Waals surface area (Å²) in [5, 5.41) is 30.4. The zero-order chi connectivity index (χ0) is 14.1. The molecular formula is C15H17N2O3+. The fraction of sp³-hybridized carbons (Fsp3) is 0.200. The average molecular weight is 273 g/mol. The van der Waals surface area contributed by atoms with E-state index in [9.17, 15) is 5.11 Å². The summed E-state index contributed by atoms with van der Waals surface area (Å²) in [7, 11) is 0. The van der Waals surface area contributed by atoms with E-state index in [1.54, 1.807) is 18.2 Å². The molecule has 1 aliphatic heterocycles. The molecule has 0 spiro atoms. The summed E-state index contributed by atoms with van der Waals surface area (Å²) >= 11 is 0. The highest BCUT2D eigenvalue weighted by Crippen LogP contribution is 2.31. The Morgan fingerprint density at radius 3 is 2.50 bits per heavy atom. The first-order valence-corrected chi connectivity index (χ1v) is 6.55. The number of phenols is 1. The second-order valence-electron chi connectivity index (χ2n) is 4.97. The van der Waals surface area contributed by atoms with E-state index in [0.717, 1.165) is 29.7 Å². The van der Waals surface area contributed by atoms with Gasteiger partial charge in [-0.2, -0.15) is 10.4 Å². The number of phenolic OH excluding ortho intramolecular Hbond substituents is 1. The van der Waals surface area contributed by atoms with Crippen molar-refractivity contribution in [3.8, 4) is 5.75 Å². The third-order valence-electron chi connectivity index (χ3n) is 3.68. The highest BCUT2D eigenvalue weighted by Gasteiger charge is 2.21. The highest BCUT2D eigenvalue weighted by atomic mass is 16.8. The van der Waals surface area contributed by atoms with Crippen molar-refractivity contribution < 1.29 is 20.7 Å². The third-order valence-corrected chi connectivity index (χ3v) is 3.68. The number of benzene rings is 2. The van der Waals surface area contributed by atoms with Crippen molar-refractivity contribution in [3.63, 3.8) is 0 Å². The summed E-state index contributed by atoms with van der Waals surface area (Å²) in [5.74, 6) is 0.291. The molecule has 0 saturated carbocycles. The quantitative estimate of drug-likeness (QED) is 0.527. The number of hydrogen-bond acceptors (Lipinski definition) is 4.